The lowest BCUT2D eigenvalue weighted by molar-refractivity contribution is -0.119. The van der Waals surface area contributed by atoms with Gasteiger partial charge in [-0.3, -0.25) is 19.5 Å². The number of aromatic nitrogens is 1. The number of hydrogen-bond acceptors (Lipinski definition) is 8. The molecule has 0 saturated heterocycles. The van der Waals surface area contributed by atoms with Crippen LogP contribution in [-0.2, 0) is 37.3 Å². The largest absolute Gasteiger partial charge is 0.452 e. The van der Waals surface area contributed by atoms with E-state index in [0.717, 1.165) is 37.7 Å². The molecule has 1 aromatic heterocycles. The van der Waals surface area contributed by atoms with Crippen molar-refractivity contribution in [2.24, 2.45) is 0 Å². The zero-order valence-corrected chi connectivity index (χ0v) is 20.7. The van der Waals surface area contributed by atoms with E-state index in [1.54, 1.807) is 0 Å². The summed E-state index contributed by atoms with van der Waals surface area (Å²) in [6.07, 6.45) is 0.725. The van der Waals surface area contributed by atoms with Gasteiger partial charge in [0.25, 0.3) is 15.9 Å². The van der Waals surface area contributed by atoms with Crippen LogP contribution in [-0.4, -0.2) is 55.8 Å². The summed E-state index contributed by atoms with van der Waals surface area (Å²) in [6, 6.07) is 12.6. The van der Waals surface area contributed by atoms with Gasteiger partial charge in [0, 0.05) is 48.8 Å². The van der Waals surface area contributed by atoms with Crippen LogP contribution in [0, 0.1) is 0 Å². The Morgan fingerprint density at radius 3 is 2.50 bits per heavy atom. The average molecular weight is 511 g/mol. The maximum atomic E-state index is 13.2. The predicted molar refractivity (Wildman–Crippen MR) is 133 cm³/mol. The highest BCUT2D eigenvalue weighted by Gasteiger charge is 2.26. The first kappa shape index (κ1) is 25.3. The number of nitrogens with one attached hydrogen (secondary N) is 2. The van der Waals surface area contributed by atoms with Gasteiger partial charge in [-0.15, -0.1) is 0 Å². The van der Waals surface area contributed by atoms with Gasteiger partial charge in [-0.05, 0) is 36.9 Å². The number of likely N-dealkylation sites (N-methyl/N-ethyl adjacent to an activating group) is 1. The standard InChI is InChI=1S/C25H26N4O6S/c1-3-29-13-12-22-20(14-29)24(19-6-4-5-7-21(19)27-22)25(32)35-15-23(31)26-17-8-10-18(11-9-17)36(33,34)28-16(2)30/h4-11H,3,12-15H2,1-2H3,(H,26,31)(H,28,30). The van der Waals surface area contributed by atoms with E-state index in [4.69, 9.17) is 9.72 Å². The van der Waals surface area contributed by atoms with Gasteiger partial charge in [0.15, 0.2) is 6.61 Å². The van der Waals surface area contributed by atoms with Crippen LogP contribution in [0.2, 0.25) is 0 Å². The minimum Gasteiger partial charge on any atom is -0.452 e. The quantitative estimate of drug-likeness (QED) is 0.462. The lowest BCUT2D eigenvalue weighted by atomic mass is 9.96. The monoisotopic (exact) mass is 510 g/mol. The lowest BCUT2D eigenvalue weighted by Crippen LogP contribution is -2.32. The Hall–Kier alpha value is -3.83. The number of benzene rings is 2. The summed E-state index contributed by atoms with van der Waals surface area (Å²) in [4.78, 5) is 43.5. The van der Waals surface area contributed by atoms with E-state index in [0.29, 0.717) is 28.7 Å². The summed E-state index contributed by atoms with van der Waals surface area (Å²) < 4.78 is 31.3. The van der Waals surface area contributed by atoms with E-state index in [9.17, 15) is 22.8 Å². The molecule has 10 nitrogen and oxygen atoms in total. The average Bonchev–Trinajstić information content (AvgIpc) is 2.85. The fraction of sp³-hybridized carbons (Fsp3) is 0.280. The second-order valence-corrected chi connectivity index (χ2v) is 10.0. The van der Waals surface area contributed by atoms with Crippen LogP contribution in [0.15, 0.2) is 53.4 Å². The summed E-state index contributed by atoms with van der Waals surface area (Å²) in [7, 11) is -3.98. The Bertz CT molecular complexity index is 1440. The van der Waals surface area contributed by atoms with Gasteiger partial charge in [0.1, 0.15) is 0 Å². The highest BCUT2D eigenvalue weighted by molar-refractivity contribution is 7.90. The smallest absolute Gasteiger partial charge is 0.339 e. The van der Waals surface area contributed by atoms with Crippen molar-refractivity contribution in [2.75, 3.05) is 25.0 Å². The van der Waals surface area contributed by atoms with E-state index in [1.807, 2.05) is 29.0 Å². The van der Waals surface area contributed by atoms with Crippen LogP contribution in [0.4, 0.5) is 5.69 Å². The zero-order chi connectivity index (χ0) is 25.9. The number of para-hydroxylation sites is 1. The van der Waals surface area contributed by atoms with Crippen LogP contribution >= 0.6 is 0 Å². The highest BCUT2D eigenvalue weighted by atomic mass is 32.2. The molecule has 11 heteroatoms. The fourth-order valence-electron chi connectivity index (χ4n) is 4.12. The van der Waals surface area contributed by atoms with Crippen LogP contribution in [0.3, 0.4) is 0 Å². The van der Waals surface area contributed by atoms with Gasteiger partial charge in [0.05, 0.1) is 16.0 Å². The van der Waals surface area contributed by atoms with Crippen molar-refractivity contribution >= 4 is 44.4 Å². The molecule has 36 heavy (non-hydrogen) atoms. The molecule has 0 spiro atoms. The van der Waals surface area contributed by atoms with E-state index in [-0.39, 0.29) is 4.90 Å². The molecule has 0 fully saturated rings. The van der Waals surface area contributed by atoms with Crippen LogP contribution in [0.25, 0.3) is 10.9 Å². The molecule has 0 unspecified atom stereocenters. The number of carbonyl (C=O) groups excluding carboxylic acids is 3. The van der Waals surface area contributed by atoms with Crippen LogP contribution < -0.4 is 10.0 Å². The number of fused-ring (bicyclic) bond motifs is 2. The van der Waals surface area contributed by atoms with Gasteiger partial charge in [-0.25, -0.2) is 17.9 Å². The number of amides is 2. The van der Waals surface area contributed by atoms with Gasteiger partial charge in [-0.1, -0.05) is 25.1 Å². The van der Waals surface area contributed by atoms with Crippen molar-refractivity contribution in [3.05, 3.63) is 65.4 Å². The molecule has 1 aliphatic heterocycles. The van der Waals surface area contributed by atoms with Crippen molar-refractivity contribution in [1.29, 1.82) is 0 Å². The number of rotatable bonds is 7. The molecular weight excluding hydrogens is 484 g/mol. The molecule has 2 amide bonds. The molecule has 0 radical (unpaired) electrons. The van der Waals surface area contributed by atoms with E-state index in [2.05, 4.69) is 17.1 Å². The molecule has 2 heterocycles. The van der Waals surface area contributed by atoms with Gasteiger partial charge in [0.2, 0.25) is 5.91 Å². The molecule has 0 atom stereocenters. The topological polar surface area (TPSA) is 135 Å². The molecule has 0 aliphatic carbocycles. The molecule has 1 aliphatic rings. The number of anilines is 1. The lowest BCUT2D eigenvalue weighted by Gasteiger charge is -2.28. The highest BCUT2D eigenvalue weighted by Crippen LogP contribution is 2.28. The van der Waals surface area contributed by atoms with Crippen molar-refractivity contribution in [2.45, 2.75) is 31.7 Å². The SMILES string of the molecule is CCN1CCc2nc3ccccc3c(C(=O)OCC(=O)Nc3ccc(S(=O)(=O)NC(C)=O)cc3)c2C1. The molecule has 188 valence electrons. The van der Waals surface area contributed by atoms with Crippen molar-refractivity contribution in [3.8, 4) is 0 Å². The van der Waals surface area contributed by atoms with Crippen molar-refractivity contribution in [3.63, 3.8) is 0 Å². The summed E-state index contributed by atoms with van der Waals surface area (Å²) in [6.45, 7) is 4.91. The summed E-state index contributed by atoms with van der Waals surface area (Å²) in [5.74, 6) is -1.89. The second-order valence-electron chi connectivity index (χ2n) is 8.36. The Morgan fingerprint density at radius 1 is 1.08 bits per heavy atom. The van der Waals surface area contributed by atoms with E-state index < -0.39 is 34.4 Å². The van der Waals surface area contributed by atoms with Crippen molar-refractivity contribution in [1.82, 2.24) is 14.6 Å². The Morgan fingerprint density at radius 2 is 1.81 bits per heavy atom. The van der Waals surface area contributed by atoms with E-state index in [1.165, 1.54) is 24.3 Å². The third-order valence-electron chi connectivity index (χ3n) is 5.84. The zero-order valence-electron chi connectivity index (χ0n) is 19.9. The number of esters is 1. The first-order valence-corrected chi connectivity index (χ1v) is 12.9. The molecule has 0 bridgehead atoms. The van der Waals surface area contributed by atoms with Gasteiger partial charge >= 0.3 is 5.97 Å². The molecular formula is C25H26N4O6S. The first-order chi connectivity index (χ1) is 17.2. The number of ether oxygens (including phenoxy) is 1. The Balaban J connectivity index is 1.47. The minimum absolute atomic E-state index is 0.127. The summed E-state index contributed by atoms with van der Waals surface area (Å²) in [5, 5.41) is 3.24. The van der Waals surface area contributed by atoms with Crippen molar-refractivity contribution < 1.29 is 27.5 Å². The maximum Gasteiger partial charge on any atom is 0.339 e. The minimum atomic E-state index is -3.98. The van der Waals surface area contributed by atoms with E-state index >= 15 is 0 Å². The Kier molecular flexibility index (Phi) is 7.32. The number of sulfonamides is 1. The molecule has 0 saturated carbocycles. The summed E-state index contributed by atoms with van der Waals surface area (Å²) >= 11 is 0. The van der Waals surface area contributed by atoms with Crippen LogP contribution in [0.1, 0.15) is 35.5 Å². The molecule has 2 aromatic carbocycles. The normalized spacial score (nSPS) is 13.6. The molecule has 4 rings (SSSR count). The van der Waals surface area contributed by atoms with Crippen LogP contribution in [0.5, 0.6) is 0 Å². The number of pyridine rings is 1. The first-order valence-electron chi connectivity index (χ1n) is 11.4. The molecule has 2 N–H and O–H groups in total. The third kappa shape index (κ3) is 5.52. The third-order valence-corrected chi connectivity index (χ3v) is 7.29. The number of hydrogen-bond donors (Lipinski definition) is 2. The molecule has 3 aromatic rings. The second kappa shape index (κ2) is 10.4. The van der Waals surface area contributed by atoms with Gasteiger partial charge in [-0.2, -0.15) is 0 Å². The number of carbonyl (C=O) groups is 3. The Labute approximate surface area is 208 Å². The number of nitrogens with zero attached hydrogens (tertiary/aromatic N) is 2. The fourth-order valence-corrected chi connectivity index (χ4v) is 5.11. The predicted octanol–water partition coefficient (Wildman–Crippen LogP) is 2.23. The summed E-state index contributed by atoms with van der Waals surface area (Å²) in [5.41, 5.74) is 3.12. The van der Waals surface area contributed by atoms with Gasteiger partial charge < -0.3 is 10.1 Å². The maximum absolute atomic E-state index is 13.2.